The van der Waals surface area contributed by atoms with Gasteiger partial charge in [0.1, 0.15) is 5.00 Å². The molecule has 2 heterocycles. The second kappa shape index (κ2) is 11.3. The third-order valence-electron chi connectivity index (χ3n) is 6.65. The minimum Gasteiger partial charge on any atom is -0.462 e. The average Bonchev–Trinajstić information content (AvgIpc) is 3.52. The number of nitrogens with zero attached hydrogens (tertiary/aromatic N) is 1. The van der Waals surface area contributed by atoms with E-state index in [0.717, 1.165) is 42.5 Å². The van der Waals surface area contributed by atoms with E-state index in [1.54, 1.807) is 6.92 Å². The van der Waals surface area contributed by atoms with Gasteiger partial charge in [0.05, 0.1) is 22.6 Å². The molecule has 0 spiro atoms. The molecule has 9 nitrogen and oxygen atoms in total. The van der Waals surface area contributed by atoms with Crippen LogP contribution < -0.4 is 5.32 Å². The molecule has 2 atom stereocenters. The Kier molecular flexibility index (Phi) is 8.35. The monoisotopic (exact) mass is 548 g/mol. The van der Waals surface area contributed by atoms with E-state index in [4.69, 9.17) is 9.47 Å². The molecule has 1 aromatic heterocycles. The highest BCUT2D eigenvalue weighted by Gasteiger charge is 2.31. The molecule has 11 heteroatoms. The van der Waals surface area contributed by atoms with Gasteiger partial charge >= 0.3 is 11.9 Å². The van der Waals surface area contributed by atoms with E-state index in [1.807, 2.05) is 0 Å². The largest absolute Gasteiger partial charge is 0.462 e. The van der Waals surface area contributed by atoms with E-state index in [-0.39, 0.29) is 17.1 Å². The van der Waals surface area contributed by atoms with E-state index < -0.39 is 34.0 Å². The fourth-order valence-electron chi connectivity index (χ4n) is 4.61. The number of esters is 2. The molecule has 0 unspecified atom stereocenters. The van der Waals surface area contributed by atoms with Crippen molar-refractivity contribution < 1.29 is 32.3 Å². The standard InChI is InChI=1S/C26H32N2O7S2/c1-4-34-26(31)22-20-11-10-16(2)14-21(20)36-24(22)27-23(29)17(3)35-25(30)18-8-7-9-19(15-18)37(32,33)28-12-5-6-13-28/h7-9,15-17H,4-6,10-14H2,1-3H3,(H,27,29)/t16-,17+/m0/s1. The number of fused-ring (bicyclic) bond motifs is 1. The third kappa shape index (κ3) is 5.89. The topological polar surface area (TPSA) is 119 Å². The number of nitrogens with one attached hydrogen (secondary N) is 1. The third-order valence-corrected chi connectivity index (χ3v) is 9.72. The van der Waals surface area contributed by atoms with Crippen molar-refractivity contribution in [1.29, 1.82) is 0 Å². The van der Waals surface area contributed by atoms with Crippen LogP contribution in [-0.2, 0) is 37.1 Å². The second-order valence-electron chi connectivity index (χ2n) is 9.45. The quantitative estimate of drug-likeness (QED) is 0.495. The van der Waals surface area contributed by atoms with Gasteiger partial charge in [-0.15, -0.1) is 11.3 Å². The van der Waals surface area contributed by atoms with Crippen LogP contribution in [0.2, 0.25) is 0 Å². The van der Waals surface area contributed by atoms with Crippen molar-refractivity contribution >= 4 is 44.2 Å². The lowest BCUT2D eigenvalue weighted by atomic mass is 9.88. The summed E-state index contributed by atoms with van der Waals surface area (Å²) in [5.74, 6) is -1.40. The molecule has 37 heavy (non-hydrogen) atoms. The number of benzene rings is 1. The molecule has 4 rings (SSSR count). The summed E-state index contributed by atoms with van der Waals surface area (Å²) in [6.07, 6.45) is 2.93. The van der Waals surface area contributed by atoms with Crippen LogP contribution in [0.3, 0.4) is 0 Å². The van der Waals surface area contributed by atoms with Crippen LogP contribution in [0.5, 0.6) is 0 Å². The van der Waals surface area contributed by atoms with Crippen LogP contribution >= 0.6 is 11.3 Å². The molecule has 1 saturated heterocycles. The molecule has 0 bridgehead atoms. The lowest BCUT2D eigenvalue weighted by Crippen LogP contribution is -2.30. The summed E-state index contributed by atoms with van der Waals surface area (Å²) in [7, 11) is -3.70. The highest BCUT2D eigenvalue weighted by molar-refractivity contribution is 7.89. The van der Waals surface area contributed by atoms with Gasteiger partial charge in [0.15, 0.2) is 6.10 Å². The SMILES string of the molecule is CCOC(=O)c1c(NC(=O)[C@@H](C)OC(=O)c2cccc(S(=O)(=O)N3CCCC3)c2)sc2c1CC[C@H](C)C2. The Labute approximate surface area is 221 Å². The Balaban J connectivity index is 1.48. The number of ether oxygens (including phenoxy) is 2. The molecular weight excluding hydrogens is 516 g/mol. The summed E-state index contributed by atoms with van der Waals surface area (Å²) in [6.45, 7) is 6.42. The Morgan fingerprint density at radius 3 is 2.62 bits per heavy atom. The zero-order chi connectivity index (χ0) is 26.7. The van der Waals surface area contributed by atoms with Gasteiger partial charge in [-0.2, -0.15) is 4.31 Å². The van der Waals surface area contributed by atoms with Gasteiger partial charge in [-0.25, -0.2) is 18.0 Å². The minimum atomic E-state index is -3.70. The molecule has 1 aliphatic carbocycles. The van der Waals surface area contributed by atoms with Crippen molar-refractivity contribution in [1.82, 2.24) is 4.31 Å². The van der Waals surface area contributed by atoms with Crippen LogP contribution in [0, 0.1) is 5.92 Å². The van der Waals surface area contributed by atoms with Crippen LogP contribution in [0.1, 0.15) is 71.2 Å². The number of hydrogen-bond acceptors (Lipinski definition) is 8. The molecule has 1 fully saturated rings. The first kappa shape index (κ1) is 27.3. The maximum Gasteiger partial charge on any atom is 0.341 e. The maximum absolute atomic E-state index is 13.0. The van der Waals surface area contributed by atoms with Crippen LogP contribution in [0.4, 0.5) is 5.00 Å². The van der Waals surface area contributed by atoms with Gasteiger partial charge in [-0.3, -0.25) is 4.79 Å². The molecule has 1 aliphatic heterocycles. The second-order valence-corrected chi connectivity index (χ2v) is 12.5. The Hall–Kier alpha value is -2.76. The molecule has 1 N–H and O–H groups in total. The number of thiophene rings is 1. The van der Waals surface area contributed by atoms with Crippen molar-refractivity contribution in [2.45, 2.75) is 63.9 Å². The maximum atomic E-state index is 13.0. The molecule has 0 radical (unpaired) electrons. The fraction of sp³-hybridized carbons (Fsp3) is 0.500. The molecule has 1 aromatic carbocycles. The molecular formula is C26H32N2O7S2. The van der Waals surface area contributed by atoms with Crippen LogP contribution in [0.25, 0.3) is 0 Å². The predicted octanol–water partition coefficient (Wildman–Crippen LogP) is 4.02. The smallest absolute Gasteiger partial charge is 0.341 e. The summed E-state index contributed by atoms with van der Waals surface area (Å²) < 4.78 is 37.7. The number of hydrogen-bond donors (Lipinski definition) is 1. The summed E-state index contributed by atoms with van der Waals surface area (Å²) in [5, 5.41) is 3.14. The van der Waals surface area contributed by atoms with Crippen LogP contribution in [-0.4, -0.2) is 56.4 Å². The predicted molar refractivity (Wildman–Crippen MR) is 139 cm³/mol. The van der Waals surface area contributed by atoms with E-state index in [2.05, 4.69) is 12.2 Å². The van der Waals surface area contributed by atoms with Gasteiger partial charge in [0.25, 0.3) is 5.91 Å². The molecule has 2 aromatic rings. The Morgan fingerprint density at radius 1 is 1.19 bits per heavy atom. The normalized spacial score (nSPS) is 18.6. The minimum absolute atomic E-state index is 0.0124. The number of rotatable bonds is 8. The summed E-state index contributed by atoms with van der Waals surface area (Å²) in [4.78, 5) is 39.5. The van der Waals surface area contributed by atoms with Gasteiger partial charge in [0.2, 0.25) is 10.0 Å². The number of sulfonamides is 1. The number of carbonyl (C=O) groups is 3. The van der Waals surface area contributed by atoms with Crippen LogP contribution in [0.15, 0.2) is 29.2 Å². The summed E-state index contributed by atoms with van der Waals surface area (Å²) in [6, 6.07) is 5.64. The first-order valence-electron chi connectivity index (χ1n) is 12.6. The summed E-state index contributed by atoms with van der Waals surface area (Å²) >= 11 is 1.35. The average molecular weight is 549 g/mol. The molecule has 2 aliphatic rings. The summed E-state index contributed by atoms with van der Waals surface area (Å²) in [5.41, 5.74) is 1.32. The Morgan fingerprint density at radius 2 is 1.92 bits per heavy atom. The molecule has 200 valence electrons. The van der Waals surface area contributed by atoms with Gasteiger partial charge in [0, 0.05) is 18.0 Å². The van der Waals surface area contributed by atoms with E-state index in [1.165, 1.54) is 46.8 Å². The van der Waals surface area contributed by atoms with Crippen molar-refractivity contribution in [3.05, 3.63) is 45.8 Å². The number of amides is 1. The Bertz CT molecular complexity index is 1300. The van der Waals surface area contributed by atoms with Gasteiger partial charge in [-0.1, -0.05) is 13.0 Å². The first-order valence-corrected chi connectivity index (χ1v) is 14.8. The highest BCUT2D eigenvalue weighted by atomic mass is 32.2. The van der Waals surface area contributed by atoms with E-state index >= 15 is 0 Å². The fourth-order valence-corrected chi connectivity index (χ4v) is 7.58. The van der Waals surface area contributed by atoms with E-state index in [0.29, 0.717) is 29.6 Å². The lowest BCUT2D eigenvalue weighted by Gasteiger charge is -2.18. The number of carbonyl (C=O) groups excluding carboxylic acids is 3. The highest BCUT2D eigenvalue weighted by Crippen LogP contribution is 2.40. The molecule has 1 amide bonds. The van der Waals surface area contributed by atoms with Crippen molar-refractivity contribution in [3.63, 3.8) is 0 Å². The van der Waals surface area contributed by atoms with Gasteiger partial charge < -0.3 is 14.8 Å². The van der Waals surface area contributed by atoms with Crippen molar-refractivity contribution in [2.24, 2.45) is 5.92 Å². The van der Waals surface area contributed by atoms with Crippen molar-refractivity contribution in [3.8, 4) is 0 Å². The zero-order valence-corrected chi connectivity index (χ0v) is 22.9. The van der Waals surface area contributed by atoms with Gasteiger partial charge in [-0.05, 0) is 75.6 Å². The zero-order valence-electron chi connectivity index (χ0n) is 21.2. The first-order chi connectivity index (χ1) is 17.6. The van der Waals surface area contributed by atoms with E-state index in [9.17, 15) is 22.8 Å². The van der Waals surface area contributed by atoms with Crippen molar-refractivity contribution in [2.75, 3.05) is 25.0 Å². The molecule has 0 saturated carbocycles. The lowest BCUT2D eigenvalue weighted by molar-refractivity contribution is -0.123. The number of anilines is 1.